The van der Waals surface area contributed by atoms with E-state index in [1.54, 1.807) is 12.1 Å². The van der Waals surface area contributed by atoms with E-state index in [9.17, 15) is 14.7 Å². The molecular formula is C25H24N2O3. The predicted molar refractivity (Wildman–Crippen MR) is 115 cm³/mol. The third-order valence-electron chi connectivity index (χ3n) is 6.04. The summed E-state index contributed by atoms with van der Waals surface area (Å²) in [5, 5.41) is 17.9. The quantitative estimate of drug-likeness (QED) is 0.633. The van der Waals surface area contributed by atoms with Crippen molar-refractivity contribution in [3.05, 3.63) is 82.8 Å². The van der Waals surface area contributed by atoms with Gasteiger partial charge in [0.25, 0.3) is 0 Å². The summed E-state index contributed by atoms with van der Waals surface area (Å²) in [6.07, 6.45) is 1.48. The fourth-order valence-corrected chi connectivity index (χ4v) is 4.26. The first kappa shape index (κ1) is 20.0. The molecule has 1 N–H and O–H groups in total. The zero-order valence-electron chi connectivity index (χ0n) is 17.1. The molecule has 2 aromatic carbocycles. The largest absolute Gasteiger partial charge is 0.510 e. The van der Waals surface area contributed by atoms with Crippen molar-refractivity contribution < 1.29 is 14.7 Å². The topological polar surface area (TPSA) is 79.1 Å². The minimum atomic E-state index is -0.183. The van der Waals surface area contributed by atoms with E-state index in [2.05, 4.69) is 17.2 Å². The fourth-order valence-electron chi connectivity index (χ4n) is 4.26. The lowest BCUT2D eigenvalue weighted by Gasteiger charge is -2.16. The number of hydrogen-bond acceptors (Lipinski definition) is 5. The second kappa shape index (κ2) is 8.19. The van der Waals surface area contributed by atoms with Gasteiger partial charge in [-0.15, -0.1) is 5.11 Å². The summed E-state index contributed by atoms with van der Waals surface area (Å²) in [6.45, 7) is 4.13. The summed E-state index contributed by atoms with van der Waals surface area (Å²) in [5.41, 5.74) is 4.37. The first-order valence-electron chi connectivity index (χ1n) is 10.2. The molecule has 152 valence electrons. The number of Topliss-reactive ketones (excluding diaryl/α,β-unsaturated/α-hetero) is 2. The molecule has 2 aromatic rings. The van der Waals surface area contributed by atoms with Gasteiger partial charge in [0.05, 0.1) is 11.6 Å². The Labute approximate surface area is 175 Å². The summed E-state index contributed by atoms with van der Waals surface area (Å²) in [7, 11) is 0. The van der Waals surface area contributed by atoms with Crippen LogP contribution in [0.5, 0.6) is 0 Å². The predicted octanol–water partition coefficient (Wildman–Crippen LogP) is 6.07. The SMILES string of the molecule is CC1=C(c2ccc(N=NC3=C(O)CCCC3=O)cc2)C(=O)C(c2ccccc2)C1C. The summed E-state index contributed by atoms with van der Waals surface area (Å²) in [6, 6.07) is 17.2. The van der Waals surface area contributed by atoms with E-state index >= 15 is 0 Å². The number of azo groups is 1. The van der Waals surface area contributed by atoms with E-state index in [4.69, 9.17) is 0 Å². The van der Waals surface area contributed by atoms with Crippen molar-refractivity contribution in [2.75, 3.05) is 0 Å². The van der Waals surface area contributed by atoms with E-state index in [1.165, 1.54) is 0 Å². The van der Waals surface area contributed by atoms with Crippen molar-refractivity contribution >= 4 is 22.8 Å². The molecule has 0 radical (unpaired) electrons. The van der Waals surface area contributed by atoms with Crippen molar-refractivity contribution in [2.24, 2.45) is 16.1 Å². The Morgan fingerprint density at radius 1 is 0.933 bits per heavy atom. The Bertz CT molecular complexity index is 1080. The summed E-state index contributed by atoms with van der Waals surface area (Å²) >= 11 is 0. The van der Waals surface area contributed by atoms with Gasteiger partial charge in [0.15, 0.2) is 17.3 Å². The van der Waals surface area contributed by atoms with Crippen LogP contribution in [-0.4, -0.2) is 16.7 Å². The average Bonchev–Trinajstić information content (AvgIpc) is 2.97. The van der Waals surface area contributed by atoms with Gasteiger partial charge in [0.1, 0.15) is 5.76 Å². The number of carbonyl (C=O) groups excluding carboxylic acids is 2. The highest BCUT2D eigenvalue weighted by atomic mass is 16.3. The van der Waals surface area contributed by atoms with Crippen LogP contribution in [0, 0.1) is 5.92 Å². The van der Waals surface area contributed by atoms with Crippen molar-refractivity contribution in [3.8, 4) is 0 Å². The van der Waals surface area contributed by atoms with Crippen LogP contribution in [-0.2, 0) is 9.59 Å². The third-order valence-corrected chi connectivity index (χ3v) is 6.04. The van der Waals surface area contributed by atoms with Crippen molar-refractivity contribution in [2.45, 2.75) is 39.0 Å². The van der Waals surface area contributed by atoms with Crippen LogP contribution >= 0.6 is 0 Å². The molecule has 0 bridgehead atoms. The molecule has 0 aromatic heterocycles. The smallest absolute Gasteiger partial charge is 0.186 e. The van der Waals surface area contributed by atoms with Gasteiger partial charge in [-0.1, -0.05) is 55.0 Å². The Hall–Kier alpha value is -3.34. The van der Waals surface area contributed by atoms with E-state index < -0.39 is 0 Å². The molecular weight excluding hydrogens is 376 g/mol. The molecule has 0 saturated heterocycles. The van der Waals surface area contributed by atoms with Crippen LogP contribution in [0.2, 0.25) is 0 Å². The van der Waals surface area contributed by atoms with Gasteiger partial charge in [-0.05, 0) is 42.5 Å². The molecule has 0 amide bonds. The third kappa shape index (κ3) is 3.63. The normalized spacial score (nSPS) is 22.5. The molecule has 2 aliphatic rings. The monoisotopic (exact) mass is 400 g/mol. The number of ketones is 2. The van der Waals surface area contributed by atoms with Gasteiger partial charge in [0, 0.05) is 18.4 Å². The van der Waals surface area contributed by atoms with Crippen LogP contribution in [0.4, 0.5) is 5.69 Å². The van der Waals surface area contributed by atoms with Gasteiger partial charge in [0.2, 0.25) is 0 Å². The van der Waals surface area contributed by atoms with Gasteiger partial charge >= 0.3 is 0 Å². The van der Waals surface area contributed by atoms with Crippen molar-refractivity contribution in [1.29, 1.82) is 0 Å². The molecule has 5 nitrogen and oxygen atoms in total. The van der Waals surface area contributed by atoms with Gasteiger partial charge < -0.3 is 5.11 Å². The first-order valence-corrected chi connectivity index (χ1v) is 10.2. The number of nitrogens with zero attached hydrogens (tertiary/aromatic N) is 2. The molecule has 30 heavy (non-hydrogen) atoms. The number of benzene rings is 2. The maximum absolute atomic E-state index is 13.2. The Kier molecular flexibility index (Phi) is 5.44. The average molecular weight is 400 g/mol. The van der Waals surface area contributed by atoms with E-state index in [0.29, 0.717) is 24.9 Å². The Morgan fingerprint density at radius 3 is 2.30 bits per heavy atom. The number of rotatable bonds is 4. The van der Waals surface area contributed by atoms with Crippen molar-refractivity contribution in [3.63, 3.8) is 0 Å². The number of allylic oxidation sites excluding steroid dienone is 4. The fraction of sp³-hybridized carbons (Fsp3) is 0.280. The van der Waals surface area contributed by atoms with Crippen LogP contribution in [0.25, 0.3) is 5.57 Å². The molecule has 4 rings (SSSR count). The van der Waals surface area contributed by atoms with E-state index in [0.717, 1.165) is 22.3 Å². The molecule has 0 fully saturated rings. The Morgan fingerprint density at radius 2 is 1.63 bits per heavy atom. The lowest BCUT2D eigenvalue weighted by molar-refractivity contribution is -0.116. The molecule has 5 heteroatoms. The summed E-state index contributed by atoms with van der Waals surface area (Å²) in [4.78, 5) is 25.1. The minimum absolute atomic E-state index is 0.00453. The van der Waals surface area contributed by atoms with Crippen molar-refractivity contribution in [1.82, 2.24) is 0 Å². The van der Waals surface area contributed by atoms with Crippen LogP contribution in [0.1, 0.15) is 50.2 Å². The Balaban J connectivity index is 1.58. The molecule has 0 saturated carbocycles. The molecule has 2 atom stereocenters. The van der Waals surface area contributed by atoms with E-state index in [-0.39, 0.29) is 34.9 Å². The number of carbonyl (C=O) groups is 2. The second-order valence-corrected chi connectivity index (χ2v) is 7.92. The van der Waals surface area contributed by atoms with Gasteiger partial charge in [-0.3, -0.25) is 9.59 Å². The van der Waals surface area contributed by atoms with Crippen LogP contribution in [0.3, 0.4) is 0 Å². The van der Waals surface area contributed by atoms with Gasteiger partial charge in [-0.2, -0.15) is 5.11 Å². The van der Waals surface area contributed by atoms with Crippen LogP contribution in [0.15, 0.2) is 81.9 Å². The molecule has 2 aliphatic carbocycles. The highest BCUT2D eigenvalue weighted by Crippen LogP contribution is 2.44. The standard InChI is InChI=1S/C25H24N2O3/c1-15-16(2)23(25(30)22(15)17-7-4-3-5-8-17)18-11-13-19(14-12-18)26-27-24-20(28)9-6-10-21(24)29/h3-5,7-8,11-15,22,28H,6,9-10H2,1-2H3. The van der Waals surface area contributed by atoms with E-state index in [1.807, 2.05) is 49.4 Å². The maximum atomic E-state index is 13.2. The maximum Gasteiger partial charge on any atom is 0.186 e. The highest BCUT2D eigenvalue weighted by molar-refractivity contribution is 6.27. The molecule has 0 aliphatic heterocycles. The number of aliphatic hydroxyl groups is 1. The molecule has 0 spiro atoms. The second-order valence-electron chi connectivity index (χ2n) is 7.92. The number of hydrogen-bond donors (Lipinski definition) is 1. The highest BCUT2D eigenvalue weighted by Gasteiger charge is 2.38. The zero-order chi connectivity index (χ0) is 21.3. The summed E-state index contributed by atoms with van der Waals surface area (Å²) in [5.74, 6) is -0.0555. The van der Waals surface area contributed by atoms with Crippen LogP contribution < -0.4 is 0 Å². The number of aliphatic hydroxyl groups excluding tert-OH is 1. The first-order chi connectivity index (χ1) is 14.5. The molecule has 0 heterocycles. The lowest BCUT2D eigenvalue weighted by Crippen LogP contribution is -2.13. The minimum Gasteiger partial charge on any atom is -0.510 e. The summed E-state index contributed by atoms with van der Waals surface area (Å²) < 4.78 is 0. The van der Waals surface area contributed by atoms with Gasteiger partial charge in [-0.25, -0.2) is 0 Å². The lowest BCUT2D eigenvalue weighted by atomic mass is 9.86. The zero-order valence-corrected chi connectivity index (χ0v) is 17.1. The molecule has 2 unspecified atom stereocenters.